The van der Waals surface area contributed by atoms with Crippen molar-refractivity contribution in [2.45, 2.75) is 59.5 Å². The summed E-state index contributed by atoms with van der Waals surface area (Å²) in [5, 5.41) is 7.42. The summed E-state index contributed by atoms with van der Waals surface area (Å²) in [4.78, 5) is 32.7. The van der Waals surface area contributed by atoms with Gasteiger partial charge in [0, 0.05) is 15.8 Å². The molecule has 42 heavy (non-hydrogen) atoms. The second kappa shape index (κ2) is 13.0. The average Bonchev–Trinajstić information content (AvgIpc) is 3.31. The lowest BCUT2D eigenvalue weighted by Gasteiger charge is -2.18. The number of anilines is 1. The van der Waals surface area contributed by atoms with Crippen LogP contribution in [0.4, 0.5) is 5.00 Å². The number of ether oxygens (including phenoxy) is 2. The minimum atomic E-state index is -0.369. The lowest BCUT2D eigenvalue weighted by Crippen LogP contribution is -2.34. The molecule has 1 aliphatic rings. The summed E-state index contributed by atoms with van der Waals surface area (Å²) >= 11 is 7.11. The maximum absolute atomic E-state index is 13.7. The van der Waals surface area contributed by atoms with Crippen LogP contribution in [0.15, 0.2) is 54.6 Å². The Balaban J connectivity index is 1.42. The molecule has 5 rings (SSSR count). The van der Waals surface area contributed by atoms with Crippen molar-refractivity contribution in [3.63, 3.8) is 0 Å². The van der Waals surface area contributed by atoms with Crippen LogP contribution in [0, 0.1) is 5.92 Å². The highest BCUT2D eigenvalue weighted by Gasteiger charge is 2.29. The van der Waals surface area contributed by atoms with Crippen molar-refractivity contribution in [3.05, 3.63) is 76.2 Å². The Hall–Kier alpha value is -3.82. The molecule has 9 heteroatoms. The van der Waals surface area contributed by atoms with Gasteiger partial charge in [-0.2, -0.15) is 0 Å². The molecule has 1 amide bonds. The first-order valence-electron chi connectivity index (χ1n) is 14.3. The van der Waals surface area contributed by atoms with Crippen LogP contribution >= 0.6 is 23.6 Å². The van der Waals surface area contributed by atoms with Crippen molar-refractivity contribution in [2.75, 3.05) is 11.9 Å². The molecule has 2 aromatic heterocycles. The minimum absolute atomic E-state index is 0.0333. The van der Waals surface area contributed by atoms with Crippen molar-refractivity contribution < 1.29 is 19.1 Å². The number of rotatable bonds is 8. The van der Waals surface area contributed by atoms with Gasteiger partial charge in [-0.15, -0.1) is 11.3 Å². The van der Waals surface area contributed by atoms with Crippen LogP contribution in [-0.4, -0.2) is 34.7 Å². The fraction of sp³-hybridized carbons (Fsp3) is 0.333. The van der Waals surface area contributed by atoms with Crippen molar-refractivity contribution in [2.24, 2.45) is 5.92 Å². The van der Waals surface area contributed by atoms with E-state index in [0.29, 0.717) is 45.2 Å². The molecule has 0 spiro atoms. The van der Waals surface area contributed by atoms with Gasteiger partial charge in [-0.25, -0.2) is 9.78 Å². The average molecular weight is 602 g/mol. The molecule has 4 aromatic rings. The zero-order valence-corrected chi connectivity index (χ0v) is 25.9. The number of benzene rings is 2. The molecule has 0 saturated carbocycles. The topological polar surface area (TPSA) is 89.6 Å². The molecule has 0 bridgehead atoms. The van der Waals surface area contributed by atoms with E-state index in [1.54, 1.807) is 6.07 Å². The molecule has 0 fully saturated rings. The number of carbonyl (C=O) groups excluding carboxylic acids is 2. The number of fused-ring (bicyclic) bond motifs is 2. The van der Waals surface area contributed by atoms with Crippen LogP contribution in [-0.2, 0) is 17.6 Å². The summed E-state index contributed by atoms with van der Waals surface area (Å²) in [7, 11) is 0. The SMILES string of the molecule is CCCOC(=O)c1c(NC(=S)NC(=O)c2cc(-c3cccc(OC(C)C)c3)nc3ccccc23)sc2c1CC[C@@H](C)C2. The van der Waals surface area contributed by atoms with E-state index in [-0.39, 0.29) is 23.1 Å². The van der Waals surface area contributed by atoms with Gasteiger partial charge in [0.1, 0.15) is 10.8 Å². The van der Waals surface area contributed by atoms with Gasteiger partial charge in [-0.1, -0.05) is 44.2 Å². The van der Waals surface area contributed by atoms with Gasteiger partial charge in [-0.3, -0.25) is 10.1 Å². The van der Waals surface area contributed by atoms with E-state index in [1.165, 1.54) is 16.2 Å². The Labute approximate surface area is 255 Å². The first-order chi connectivity index (χ1) is 20.2. The Morgan fingerprint density at radius 3 is 2.74 bits per heavy atom. The van der Waals surface area contributed by atoms with Crippen LogP contribution in [0.2, 0.25) is 0 Å². The molecule has 218 valence electrons. The first-order valence-corrected chi connectivity index (χ1v) is 15.6. The Morgan fingerprint density at radius 2 is 1.95 bits per heavy atom. The Bertz CT molecular complexity index is 1650. The minimum Gasteiger partial charge on any atom is -0.491 e. The molecule has 0 unspecified atom stereocenters. The van der Waals surface area contributed by atoms with E-state index in [1.807, 2.05) is 69.3 Å². The Morgan fingerprint density at radius 1 is 1.14 bits per heavy atom. The molecule has 2 N–H and O–H groups in total. The fourth-order valence-corrected chi connectivity index (χ4v) is 6.80. The maximum atomic E-state index is 13.7. The van der Waals surface area contributed by atoms with Gasteiger partial charge in [0.15, 0.2) is 5.11 Å². The number of thiophene rings is 1. The van der Waals surface area contributed by atoms with E-state index >= 15 is 0 Å². The molecule has 7 nitrogen and oxygen atoms in total. The summed E-state index contributed by atoms with van der Waals surface area (Å²) in [5.41, 5.74) is 4.18. The number of hydrogen-bond donors (Lipinski definition) is 2. The molecule has 0 radical (unpaired) electrons. The third-order valence-electron chi connectivity index (χ3n) is 7.07. The number of hydrogen-bond acceptors (Lipinski definition) is 7. The summed E-state index contributed by atoms with van der Waals surface area (Å²) in [5.74, 6) is 0.554. The van der Waals surface area contributed by atoms with Gasteiger partial charge in [0.25, 0.3) is 5.91 Å². The number of nitrogens with one attached hydrogen (secondary N) is 2. The molecule has 2 aromatic carbocycles. The van der Waals surface area contributed by atoms with Gasteiger partial charge < -0.3 is 14.8 Å². The number of carbonyl (C=O) groups is 2. The van der Waals surface area contributed by atoms with Crippen molar-refractivity contribution >= 4 is 56.4 Å². The van der Waals surface area contributed by atoms with E-state index in [9.17, 15) is 9.59 Å². The van der Waals surface area contributed by atoms with Crippen molar-refractivity contribution in [1.82, 2.24) is 10.3 Å². The molecule has 0 aliphatic heterocycles. The van der Waals surface area contributed by atoms with Crippen molar-refractivity contribution in [1.29, 1.82) is 0 Å². The number of thiocarbonyl (C=S) groups is 1. The number of esters is 1. The van der Waals surface area contributed by atoms with Crippen LogP contribution in [0.1, 0.15) is 71.7 Å². The molecule has 2 heterocycles. The zero-order chi connectivity index (χ0) is 29.8. The lowest BCUT2D eigenvalue weighted by molar-refractivity contribution is 0.0505. The van der Waals surface area contributed by atoms with Crippen LogP contribution in [0.3, 0.4) is 0 Å². The highest BCUT2D eigenvalue weighted by atomic mass is 32.1. The molecule has 0 saturated heterocycles. The fourth-order valence-electron chi connectivity index (χ4n) is 5.14. The molecular formula is C33H35N3O4S2. The molecule has 1 aliphatic carbocycles. The zero-order valence-electron chi connectivity index (χ0n) is 24.3. The van der Waals surface area contributed by atoms with E-state index in [4.69, 9.17) is 26.7 Å². The summed E-state index contributed by atoms with van der Waals surface area (Å²) in [6.07, 6.45) is 3.51. The van der Waals surface area contributed by atoms with Crippen molar-refractivity contribution in [3.8, 4) is 17.0 Å². The first kappa shape index (κ1) is 29.7. The van der Waals surface area contributed by atoms with Crippen LogP contribution in [0.5, 0.6) is 5.75 Å². The predicted molar refractivity (Wildman–Crippen MR) is 173 cm³/mol. The van der Waals surface area contributed by atoms with Gasteiger partial charge in [0.05, 0.1) is 35.0 Å². The largest absolute Gasteiger partial charge is 0.491 e. The Kier molecular flexibility index (Phi) is 9.18. The molecule has 1 atom stereocenters. The van der Waals surface area contributed by atoms with Gasteiger partial charge in [-0.05, 0) is 87.5 Å². The number of amides is 1. The predicted octanol–water partition coefficient (Wildman–Crippen LogP) is 7.57. The summed E-state index contributed by atoms with van der Waals surface area (Å²) in [6.45, 7) is 8.49. The second-order valence-corrected chi connectivity index (χ2v) is 12.4. The smallest absolute Gasteiger partial charge is 0.341 e. The summed E-state index contributed by atoms with van der Waals surface area (Å²) in [6, 6.07) is 17.0. The van der Waals surface area contributed by atoms with E-state index < -0.39 is 0 Å². The number of aromatic nitrogens is 1. The maximum Gasteiger partial charge on any atom is 0.341 e. The number of para-hydroxylation sites is 1. The number of nitrogens with zero attached hydrogens (tertiary/aromatic N) is 1. The second-order valence-electron chi connectivity index (χ2n) is 10.9. The molecular weight excluding hydrogens is 567 g/mol. The van der Waals surface area contributed by atoms with Gasteiger partial charge >= 0.3 is 5.97 Å². The van der Waals surface area contributed by atoms with Crippen LogP contribution in [0.25, 0.3) is 22.2 Å². The third-order valence-corrected chi connectivity index (χ3v) is 8.44. The number of pyridine rings is 1. The lowest BCUT2D eigenvalue weighted by atomic mass is 9.88. The van der Waals surface area contributed by atoms with E-state index in [0.717, 1.165) is 42.6 Å². The highest BCUT2D eigenvalue weighted by Crippen LogP contribution is 2.40. The van der Waals surface area contributed by atoms with Crippen LogP contribution < -0.4 is 15.4 Å². The monoisotopic (exact) mass is 601 g/mol. The summed E-state index contributed by atoms with van der Waals surface area (Å²) < 4.78 is 11.4. The quantitative estimate of drug-likeness (QED) is 0.159. The van der Waals surface area contributed by atoms with Gasteiger partial charge in [0.2, 0.25) is 0 Å². The van der Waals surface area contributed by atoms with E-state index in [2.05, 4.69) is 17.6 Å². The third kappa shape index (κ3) is 6.63. The standard InChI is InChI=1S/C33H35N3O4S2/c1-5-15-39-32(38)29-24-14-13-20(4)16-28(24)42-31(29)36-33(41)35-30(37)25-18-27(34-26-12-7-6-11-23(25)26)21-9-8-10-22(17-21)40-19(2)3/h6-12,17-20H,5,13-16H2,1-4H3,(H2,35,36,37,41)/t20-/m1/s1. The normalized spacial score (nSPS) is 14.4. The highest BCUT2D eigenvalue weighted by molar-refractivity contribution is 7.80.